The zero-order chi connectivity index (χ0) is 21.4. The minimum atomic E-state index is -0.204. The molecule has 0 unspecified atom stereocenters. The number of fused-ring (bicyclic) bond motifs is 1. The Morgan fingerprint density at radius 1 is 1.30 bits per heavy atom. The number of nitrogens with zero attached hydrogens (tertiary/aromatic N) is 7. The maximum Gasteiger partial charge on any atom is 0.259 e. The Morgan fingerprint density at radius 3 is 2.80 bits per heavy atom. The largest absolute Gasteiger partial charge is 0.347 e. The van der Waals surface area contributed by atoms with Crippen molar-refractivity contribution in [1.29, 1.82) is 0 Å². The lowest BCUT2D eigenvalue weighted by atomic mass is 9.94. The third kappa shape index (κ3) is 3.89. The molecule has 0 saturated carbocycles. The lowest BCUT2D eigenvalue weighted by Crippen LogP contribution is -2.41. The average molecular weight is 410 g/mol. The van der Waals surface area contributed by atoms with Crippen LogP contribution >= 0.6 is 0 Å². The number of hydrogen-bond donors (Lipinski definition) is 1. The van der Waals surface area contributed by atoms with Gasteiger partial charge in [0.05, 0.1) is 10.9 Å². The highest BCUT2D eigenvalue weighted by Crippen LogP contribution is 2.26. The molecular formula is C20H26N8O2. The molecule has 0 radical (unpaired) electrons. The van der Waals surface area contributed by atoms with Gasteiger partial charge < -0.3 is 14.8 Å². The van der Waals surface area contributed by atoms with Crippen LogP contribution in [0.3, 0.4) is 0 Å². The second-order valence-electron chi connectivity index (χ2n) is 7.96. The molecule has 0 aliphatic carbocycles. The van der Waals surface area contributed by atoms with Crippen LogP contribution in [-0.4, -0.2) is 67.7 Å². The molecule has 4 rings (SSSR count). The van der Waals surface area contributed by atoms with E-state index in [-0.39, 0.29) is 23.9 Å². The molecule has 30 heavy (non-hydrogen) atoms. The lowest BCUT2D eigenvalue weighted by molar-refractivity contribution is -0.133. The van der Waals surface area contributed by atoms with Crippen molar-refractivity contribution in [1.82, 2.24) is 34.6 Å². The third-order valence-electron chi connectivity index (χ3n) is 5.46. The summed E-state index contributed by atoms with van der Waals surface area (Å²) in [6.07, 6.45) is 3.33. The van der Waals surface area contributed by atoms with E-state index in [2.05, 4.69) is 25.0 Å². The van der Waals surface area contributed by atoms with Crippen molar-refractivity contribution in [2.75, 3.05) is 32.1 Å². The van der Waals surface area contributed by atoms with E-state index in [1.807, 2.05) is 38.9 Å². The van der Waals surface area contributed by atoms with Crippen molar-refractivity contribution in [2.24, 2.45) is 0 Å². The highest BCUT2D eigenvalue weighted by molar-refractivity contribution is 5.78. The molecule has 0 aromatic carbocycles. The number of pyridine rings is 1. The van der Waals surface area contributed by atoms with E-state index >= 15 is 0 Å². The summed E-state index contributed by atoms with van der Waals surface area (Å²) in [4.78, 5) is 45.0. The Bertz CT molecular complexity index is 1150. The van der Waals surface area contributed by atoms with Crippen LogP contribution in [0.15, 0.2) is 17.1 Å². The number of nitrogens with one attached hydrogen (secondary N) is 1. The number of H-pyrrole nitrogens is 1. The third-order valence-corrected chi connectivity index (χ3v) is 5.46. The quantitative estimate of drug-likeness (QED) is 0.683. The summed E-state index contributed by atoms with van der Waals surface area (Å²) < 4.78 is 1.64. The summed E-state index contributed by atoms with van der Waals surface area (Å²) in [5.74, 6) is 2.00. The first kappa shape index (κ1) is 20.0. The molecule has 1 saturated heterocycles. The summed E-state index contributed by atoms with van der Waals surface area (Å²) in [6, 6.07) is 1.91. The van der Waals surface area contributed by atoms with Gasteiger partial charge in [-0.05, 0) is 32.8 Å². The van der Waals surface area contributed by atoms with Crippen LogP contribution in [0.2, 0.25) is 0 Å². The fraction of sp³-hybridized carbons (Fsp3) is 0.500. The van der Waals surface area contributed by atoms with Gasteiger partial charge in [-0.1, -0.05) is 0 Å². The van der Waals surface area contributed by atoms with Crippen molar-refractivity contribution < 1.29 is 4.79 Å². The van der Waals surface area contributed by atoms with Crippen molar-refractivity contribution in [2.45, 2.75) is 39.2 Å². The van der Waals surface area contributed by atoms with E-state index in [1.54, 1.807) is 15.8 Å². The SMILES string of the molecule is Cc1nc(C)n(CC(=O)N2CCC[C@H](c3cc4nc(N(C)C)ncc4c(=O)[nH]3)C2)n1. The number of carbonyl (C=O) groups excluding carboxylic acids is 1. The molecule has 4 heterocycles. The molecule has 1 fully saturated rings. The molecule has 1 atom stereocenters. The van der Waals surface area contributed by atoms with E-state index in [9.17, 15) is 9.59 Å². The van der Waals surface area contributed by atoms with Crippen molar-refractivity contribution >= 4 is 22.8 Å². The van der Waals surface area contributed by atoms with Gasteiger partial charge in [0.1, 0.15) is 18.2 Å². The van der Waals surface area contributed by atoms with Gasteiger partial charge in [0.15, 0.2) is 0 Å². The van der Waals surface area contributed by atoms with E-state index in [1.165, 1.54) is 0 Å². The normalized spacial score (nSPS) is 16.8. The van der Waals surface area contributed by atoms with E-state index in [4.69, 9.17) is 0 Å². The lowest BCUT2D eigenvalue weighted by Gasteiger charge is -2.33. The summed E-state index contributed by atoms with van der Waals surface area (Å²) in [5.41, 5.74) is 1.22. The van der Waals surface area contributed by atoms with Gasteiger partial charge in [-0.3, -0.25) is 9.59 Å². The van der Waals surface area contributed by atoms with Crippen LogP contribution in [0.1, 0.15) is 36.1 Å². The van der Waals surface area contributed by atoms with Crippen molar-refractivity contribution in [3.8, 4) is 0 Å². The number of piperidine rings is 1. The number of hydrogen-bond acceptors (Lipinski definition) is 7. The van der Waals surface area contributed by atoms with Crippen LogP contribution in [-0.2, 0) is 11.3 Å². The molecule has 158 valence electrons. The molecular weight excluding hydrogens is 384 g/mol. The minimum Gasteiger partial charge on any atom is -0.347 e. The van der Waals surface area contributed by atoms with Gasteiger partial charge in [-0.25, -0.2) is 19.6 Å². The molecule has 3 aromatic rings. The molecule has 1 aliphatic heterocycles. The second kappa shape index (κ2) is 7.85. The van der Waals surface area contributed by atoms with Crippen LogP contribution in [0.25, 0.3) is 10.9 Å². The number of aromatic nitrogens is 6. The van der Waals surface area contributed by atoms with E-state index in [0.717, 1.165) is 24.4 Å². The van der Waals surface area contributed by atoms with E-state index < -0.39 is 0 Å². The first-order chi connectivity index (χ1) is 14.3. The minimum absolute atomic E-state index is 0.00746. The molecule has 1 aliphatic rings. The summed E-state index contributed by atoms with van der Waals surface area (Å²) in [5, 5.41) is 4.75. The van der Waals surface area contributed by atoms with Crippen molar-refractivity contribution in [3.05, 3.63) is 40.0 Å². The molecule has 0 spiro atoms. The topological polar surface area (TPSA) is 113 Å². The molecule has 10 heteroatoms. The van der Waals surface area contributed by atoms with Crippen LogP contribution < -0.4 is 10.5 Å². The predicted octanol–water partition coefficient (Wildman–Crippen LogP) is 0.999. The van der Waals surface area contributed by atoms with E-state index in [0.29, 0.717) is 35.8 Å². The summed E-state index contributed by atoms with van der Waals surface area (Å²) in [6.45, 7) is 5.08. The maximum atomic E-state index is 12.8. The Hall–Kier alpha value is -3.30. The highest BCUT2D eigenvalue weighted by atomic mass is 16.2. The fourth-order valence-electron chi connectivity index (χ4n) is 3.88. The first-order valence-electron chi connectivity index (χ1n) is 10.0. The van der Waals surface area contributed by atoms with Gasteiger partial charge in [0, 0.05) is 45.0 Å². The average Bonchev–Trinajstić information content (AvgIpc) is 3.04. The zero-order valence-electron chi connectivity index (χ0n) is 17.7. The Balaban J connectivity index is 1.56. The van der Waals surface area contributed by atoms with Crippen molar-refractivity contribution in [3.63, 3.8) is 0 Å². The molecule has 10 nitrogen and oxygen atoms in total. The number of carbonyl (C=O) groups is 1. The standard InChI is InChI=1S/C20H26N8O2/c1-12-22-13(2)28(25-12)11-18(29)27-7-5-6-14(10-27)16-8-17-15(19(30)23-16)9-21-20(24-17)26(3)4/h8-9,14H,5-7,10-11H2,1-4H3,(H,23,30)/t14-/m0/s1. The zero-order valence-corrected chi connectivity index (χ0v) is 17.7. The Morgan fingerprint density at radius 2 is 2.10 bits per heavy atom. The number of likely N-dealkylation sites (tertiary alicyclic amines) is 1. The first-order valence-corrected chi connectivity index (χ1v) is 10.0. The number of amides is 1. The van der Waals surface area contributed by atoms with Crippen LogP contribution in [0.4, 0.5) is 5.95 Å². The Labute approximate surface area is 174 Å². The number of aromatic amines is 1. The van der Waals surface area contributed by atoms with Gasteiger partial charge in [-0.2, -0.15) is 5.10 Å². The fourth-order valence-corrected chi connectivity index (χ4v) is 3.88. The van der Waals surface area contributed by atoms with Gasteiger partial charge in [-0.15, -0.1) is 0 Å². The molecule has 3 aromatic heterocycles. The molecule has 1 N–H and O–H groups in total. The number of rotatable bonds is 4. The summed E-state index contributed by atoms with van der Waals surface area (Å²) in [7, 11) is 3.72. The predicted molar refractivity (Wildman–Crippen MR) is 113 cm³/mol. The Kier molecular flexibility index (Phi) is 5.23. The van der Waals surface area contributed by atoms with Crippen LogP contribution in [0, 0.1) is 13.8 Å². The monoisotopic (exact) mass is 410 g/mol. The number of aryl methyl sites for hydroxylation is 2. The van der Waals surface area contributed by atoms with Gasteiger partial charge in [0.25, 0.3) is 5.56 Å². The maximum absolute atomic E-state index is 12.8. The molecule has 1 amide bonds. The van der Waals surface area contributed by atoms with Crippen LogP contribution in [0.5, 0.6) is 0 Å². The smallest absolute Gasteiger partial charge is 0.259 e. The second-order valence-corrected chi connectivity index (χ2v) is 7.96. The summed E-state index contributed by atoms with van der Waals surface area (Å²) >= 11 is 0. The molecule has 0 bridgehead atoms. The highest BCUT2D eigenvalue weighted by Gasteiger charge is 2.26. The number of anilines is 1. The van der Waals surface area contributed by atoms with Gasteiger partial charge in [0.2, 0.25) is 11.9 Å². The van der Waals surface area contributed by atoms with Gasteiger partial charge >= 0.3 is 0 Å².